The smallest absolute Gasteiger partial charge is 0.263 e. The highest BCUT2D eigenvalue weighted by molar-refractivity contribution is 7.92. The molecule has 0 saturated carbocycles. The molecule has 2 heterocycles. The Balaban J connectivity index is 1.66. The fourth-order valence-electron chi connectivity index (χ4n) is 2.30. The van der Waals surface area contributed by atoms with Crippen molar-refractivity contribution >= 4 is 21.5 Å². The fraction of sp³-hybridized carbons (Fsp3) is 0.353. The Morgan fingerprint density at radius 1 is 1.16 bits per heavy atom. The van der Waals surface area contributed by atoms with E-state index in [4.69, 9.17) is 9.47 Å². The van der Waals surface area contributed by atoms with Crippen molar-refractivity contribution in [1.29, 1.82) is 0 Å². The van der Waals surface area contributed by atoms with E-state index in [1.54, 1.807) is 24.4 Å². The molecule has 0 unspecified atom stereocenters. The van der Waals surface area contributed by atoms with Crippen LogP contribution < -0.4 is 19.5 Å². The second-order valence-corrected chi connectivity index (χ2v) is 7.84. The summed E-state index contributed by atoms with van der Waals surface area (Å²) in [5, 5.41) is 3.26. The van der Waals surface area contributed by atoms with Crippen LogP contribution in [0.25, 0.3) is 0 Å². The lowest BCUT2D eigenvalue weighted by atomic mass is 10.1. The van der Waals surface area contributed by atoms with E-state index in [1.807, 2.05) is 0 Å². The first-order valence-corrected chi connectivity index (χ1v) is 9.55. The summed E-state index contributed by atoms with van der Waals surface area (Å²) in [5.74, 6) is 1.83. The van der Waals surface area contributed by atoms with Crippen molar-refractivity contribution in [3.63, 3.8) is 0 Å². The van der Waals surface area contributed by atoms with Gasteiger partial charge in [0.15, 0.2) is 11.5 Å². The Labute approximate surface area is 147 Å². The standard InChI is InChI=1S/C17H21N3O4S/c1-12(2)7-8-18-13-3-6-17(19-10-13)20-25(21,22)14-4-5-15-16(9-14)24-11-23-15/h3-6,9-10,12,18H,7-8,11H2,1-2H3,(H,19,20). The summed E-state index contributed by atoms with van der Waals surface area (Å²) in [6, 6.07) is 7.91. The van der Waals surface area contributed by atoms with Gasteiger partial charge in [-0.2, -0.15) is 0 Å². The van der Waals surface area contributed by atoms with Gasteiger partial charge in [0, 0.05) is 12.6 Å². The number of fused-ring (bicyclic) bond motifs is 1. The first-order valence-electron chi connectivity index (χ1n) is 8.06. The number of nitrogens with one attached hydrogen (secondary N) is 2. The summed E-state index contributed by atoms with van der Waals surface area (Å²) in [6.07, 6.45) is 2.66. The molecule has 0 amide bonds. The lowest BCUT2D eigenvalue weighted by Gasteiger charge is -2.10. The molecule has 134 valence electrons. The molecule has 8 heteroatoms. The zero-order valence-electron chi connectivity index (χ0n) is 14.2. The van der Waals surface area contributed by atoms with Gasteiger partial charge in [0.05, 0.1) is 16.8 Å². The minimum Gasteiger partial charge on any atom is -0.454 e. The minimum absolute atomic E-state index is 0.0951. The lowest BCUT2D eigenvalue weighted by Crippen LogP contribution is -2.14. The number of sulfonamides is 1. The molecule has 1 aliphatic rings. The van der Waals surface area contributed by atoms with Gasteiger partial charge in [0.25, 0.3) is 10.0 Å². The van der Waals surface area contributed by atoms with Crippen LogP contribution in [0.2, 0.25) is 0 Å². The molecule has 0 radical (unpaired) electrons. The lowest BCUT2D eigenvalue weighted by molar-refractivity contribution is 0.174. The second kappa shape index (κ2) is 7.18. The fourth-order valence-corrected chi connectivity index (χ4v) is 3.33. The van der Waals surface area contributed by atoms with Crippen molar-refractivity contribution in [3.05, 3.63) is 36.5 Å². The topological polar surface area (TPSA) is 89.5 Å². The molecule has 7 nitrogen and oxygen atoms in total. The number of hydrogen-bond acceptors (Lipinski definition) is 6. The molecule has 1 aliphatic heterocycles. The summed E-state index contributed by atoms with van der Waals surface area (Å²) in [6.45, 7) is 5.27. The third-order valence-corrected chi connectivity index (χ3v) is 5.06. The Morgan fingerprint density at radius 3 is 2.68 bits per heavy atom. The summed E-state index contributed by atoms with van der Waals surface area (Å²) in [5.41, 5.74) is 0.853. The maximum Gasteiger partial charge on any atom is 0.263 e. The van der Waals surface area contributed by atoms with E-state index in [0.717, 1.165) is 18.7 Å². The molecule has 0 fully saturated rings. The van der Waals surface area contributed by atoms with E-state index < -0.39 is 10.0 Å². The molecule has 1 aromatic carbocycles. The van der Waals surface area contributed by atoms with Gasteiger partial charge in [-0.15, -0.1) is 0 Å². The quantitative estimate of drug-likeness (QED) is 0.786. The van der Waals surface area contributed by atoms with Crippen LogP contribution in [0, 0.1) is 5.92 Å². The first-order chi connectivity index (χ1) is 11.9. The van der Waals surface area contributed by atoms with Crippen LogP contribution in [0.1, 0.15) is 20.3 Å². The highest BCUT2D eigenvalue weighted by Crippen LogP contribution is 2.34. The summed E-state index contributed by atoms with van der Waals surface area (Å²) in [7, 11) is -3.74. The largest absolute Gasteiger partial charge is 0.454 e. The Bertz CT molecular complexity index is 835. The van der Waals surface area contributed by atoms with E-state index in [-0.39, 0.29) is 17.5 Å². The third-order valence-electron chi connectivity index (χ3n) is 3.71. The van der Waals surface area contributed by atoms with Crippen LogP contribution in [0.15, 0.2) is 41.4 Å². The van der Waals surface area contributed by atoms with E-state index in [1.165, 1.54) is 12.1 Å². The molecule has 25 heavy (non-hydrogen) atoms. The van der Waals surface area contributed by atoms with Gasteiger partial charge in [0.2, 0.25) is 6.79 Å². The van der Waals surface area contributed by atoms with E-state index in [2.05, 4.69) is 28.9 Å². The second-order valence-electron chi connectivity index (χ2n) is 6.16. The summed E-state index contributed by atoms with van der Waals surface area (Å²) in [4.78, 5) is 4.25. The molecule has 0 aliphatic carbocycles. The van der Waals surface area contributed by atoms with Crippen molar-refractivity contribution in [1.82, 2.24) is 4.98 Å². The Kier molecular flexibility index (Phi) is 4.98. The minimum atomic E-state index is -3.74. The van der Waals surface area contributed by atoms with Gasteiger partial charge in [-0.1, -0.05) is 13.8 Å². The van der Waals surface area contributed by atoms with Crippen molar-refractivity contribution < 1.29 is 17.9 Å². The van der Waals surface area contributed by atoms with Crippen molar-refractivity contribution in [2.75, 3.05) is 23.4 Å². The molecular weight excluding hydrogens is 342 g/mol. The van der Waals surface area contributed by atoms with Crippen molar-refractivity contribution in [2.24, 2.45) is 5.92 Å². The third kappa shape index (κ3) is 4.33. The normalized spacial score (nSPS) is 13.1. The molecule has 1 aromatic heterocycles. The molecular formula is C17H21N3O4S. The number of ether oxygens (including phenoxy) is 2. The van der Waals surface area contributed by atoms with Gasteiger partial charge in [-0.25, -0.2) is 13.4 Å². The van der Waals surface area contributed by atoms with Gasteiger partial charge in [-0.05, 0) is 36.6 Å². The molecule has 2 N–H and O–H groups in total. The monoisotopic (exact) mass is 363 g/mol. The van der Waals surface area contributed by atoms with Crippen LogP contribution in [0.5, 0.6) is 11.5 Å². The van der Waals surface area contributed by atoms with E-state index in [0.29, 0.717) is 17.4 Å². The molecule has 0 bridgehead atoms. The van der Waals surface area contributed by atoms with Crippen LogP contribution in [-0.2, 0) is 10.0 Å². The van der Waals surface area contributed by atoms with Crippen LogP contribution in [0.3, 0.4) is 0 Å². The number of hydrogen-bond donors (Lipinski definition) is 2. The Hall–Kier alpha value is -2.48. The highest BCUT2D eigenvalue weighted by atomic mass is 32.2. The number of pyridine rings is 1. The average Bonchev–Trinajstić information content (AvgIpc) is 3.03. The predicted molar refractivity (Wildman–Crippen MR) is 95.6 cm³/mol. The molecule has 0 saturated heterocycles. The number of anilines is 2. The highest BCUT2D eigenvalue weighted by Gasteiger charge is 2.20. The SMILES string of the molecule is CC(C)CCNc1ccc(NS(=O)(=O)c2ccc3c(c2)OCO3)nc1. The maximum atomic E-state index is 12.5. The van der Waals surface area contributed by atoms with E-state index in [9.17, 15) is 8.42 Å². The summed E-state index contributed by atoms with van der Waals surface area (Å²) < 4.78 is 37.8. The van der Waals surface area contributed by atoms with Gasteiger partial charge in [0.1, 0.15) is 5.82 Å². The van der Waals surface area contributed by atoms with Gasteiger partial charge >= 0.3 is 0 Å². The zero-order valence-corrected chi connectivity index (χ0v) is 15.0. The van der Waals surface area contributed by atoms with Crippen LogP contribution >= 0.6 is 0 Å². The van der Waals surface area contributed by atoms with Crippen LogP contribution in [0.4, 0.5) is 11.5 Å². The number of rotatable bonds is 7. The molecule has 2 aromatic rings. The number of benzene rings is 1. The van der Waals surface area contributed by atoms with Crippen molar-refractivity contribution in [3.8, 4) is 11.5 Å². The molecule has 0 spiro atoms. The number of nitrogens with zero attached hydrogens (tertiary/aromatic N) is 1. The van der Waals surface area contributed by atoms with Crippen molar-refractivity contribution in [2.45, 2.75) is 25.2 Å². The Morgan fingerprint density at radius 2 is 1.96 bits per heavy atom. The van der Waals surface area contributed by atoms with Gasteiger partial charge < -0.3 is 14.8 Å². The summed E-state index contributed by atoms with van der Waals surface area (Å²) >= 11 is 0. The maximum absolute atomic E-state index is 12.5. The van der Waals surface area contributed by atoms with Crippen LogP contribution in [-0.4, -0.2) is 26.7 Å². The molecule has 0 atom stereocenters. The zero-order chi connectivity index (χ0) is 17.9. The van der Waals surface area contributed by atoms with Gasteiger partial charge in [-0.3, -0.25) is 4.72 Å². The molecule has 3 rings (SSSR count). The first kappa shape index (κ1) is 17.3. The average molecular weight is 363 g/mol. The predicted octanol–water partition coefficient (Wildman–Crippen LogP) is 3.07. The number of aromatic nitrogens is 1. The van der Waals surface area contributed by atoms with E-state index >= 15 is 0 Å².